The first-order valence-electron chi connectivity index (χ1n) is 7.31. The number of rotatable bonds is 4. The fourth-order valence-electron chi connectivity index (χ4n) is 2.46. The number of alkyl halides is 1. The summed E-state index contributed by atoms with van der Waals surface area (Å²) in [7, 11) is 0. The molecule has 24 heavy (non-hydrogen) atoms. The highest BCUT2D eigenvalue weighted by Crippen LogP contribution is 2.32. The van der Waals surface area contributed by atoms with E-state index in [0.29, 0.717) is 34.0 Å². The zero-order valence-electron chi connectivity index (χ0n) is 12.6. The molecule has 1 aliphatic carbocycles. The van der Waals surface area contributed by atoms with Crippen LogP contribution in [0.2, 0.25) is 0 Å². The summed E-state index contributed by atoms with van der Waals surface area (Å²) in [6.07, 6.45) is 7.44. The number of allylic oxidation sites excluding steroid dienone is 2. The normalized spacial score (nSPS) is 16.8. The maximum absolute atomic E-state index is 9.60. The van der Waals surface area contributed by atoms with E-state index in [4.69, 9.17) is 16.3 Å². The van der Waals surface area contributed by atoms with E-state index in [1.54, 1.807) is 18.3 Å². The minimum atomic E-state index is -0.290. The number of hydrogen-bond acceptors (Lipinski definition) is 4. The van der Waals surface area contributed by atoms with Crippen LogP contribution in [-0.4, -0.2) is 21.4 Å². The molecule has 0 aliphatic heterocycles. The quantitative estimate of drug-likeness (QED) is 0.701. The van der Waals surface area contributed by atoms with Gasteiger partial charge in [0.25, 0.3) is 0 Å². The lowest BCUT2D eigenvalue weighted by atomic mass is 10.0. The first-order valence-corrected chi connectivity index (χ1v) is 8.81. The molecule has 1 heterocycles. The minimum absolute atomic E-state index is 0.290. The molecule has 1 atom stereocenters. The molecule has 0 spiro atoms. The van der Waals surface area contributed by atoms with E-state index >= 15 is 0 Å². The summed E-state index contributed by atoms with van der Waals surface area (Å²) < 4.78 is 6.02. The maximum Gasteiger partial charge on any atom is 0.138 e. The number of nitrogens with zero attached hydrogens (tertiary/aromatic N) is 3. The number of hydrogen-bond donors (Lipinski definition) is 0. The second-order valence-corrected chi connectivity index (χ2v) is 6.17. The van der Waals surface area contributed by atoms with E-state index in [9.17, 15) is 5.26 Å². The fourth-order valence-corrected chi connectivity index (χ4v) is 3.12. The molecule has 0 radical (unpaired) electrons. The van der Waals surface area contributed by atoms with Crippen molar-refractivity contribution in [2.75, 3.05) is 5.33 Å². The van der Waals surface area contributed by atoms with Gasteiger partial charge in [0.15, 0.2) is 0 Å². The molecule has 2 aromatic rings. The third-order valence-corrected chi connectivity index (χ3v) is 4.64. The van der Waals surface area contributed by atoms with Crippen LogP contribution in [0.25, 0.3) is 11.3 Å². The van der Waals surface area contributed by atoms with Gasteiger partial charge in [-0.2, -0.15) is 5.26 Å². The average Bonchev–Trinajstić information content (AvgIpc) is 2.63. The summed E-state index contributed by atoms with van der Waals surface area (Å²) >= 11 is 9.75. The highest BCUT2D eigenvalue weighted by molar-refractivity contribution is 9.09. The van der Waals surface area contributed by atoms with E-state index in [1.165, 1.54) is 6.33 Å². The lowest BCUT2D eigenvalue weighted by Crippen LogP contribution is -2.19. The number of ether oxygens (including phenoxy) is 1. The Kier molecular flexibility index (Phi) is 5.29. The Morgan fingerprint density at radius 3 is 2.92 bits per heavy atom. The highest BCUT2D eigenvalue weighted by Gasteiger charge is 2.21. The molecular weight excluding hydrogens is 390 g/mol. The lowest BCUT2D eigenvalue weighted by molar-refractivity contribution is 0.246. The minimum Gasteiger partial charge on any atom is -0.483 e. The second-order valence-electron chi connectivity index (χ2n) is 5.17. The van der Waals surface area contributed by atoms with Crippen LogP contribution >= 0.6 is 27.5 Å². The summed E-state index contributed by atoms with van der Waals surface area (Å²) in [4.78, 5) is 8.12. The molecule has 0 bridgehead atoms. The van der Waals surface area contributed by atoms with Gasteiger partial charge in [0.1, 0.15) is 29.8 Å². The molecule has 1 aromatic heterocycles. The van der Waals surface area contributed by atoms with E-state index in [0.717, 1.165) is 10.9 Å². The monoisotopic (exact) mass is 401 g/mol. The Morgan fingerprint density at radius 2 is 2.25 bits per heavy atom. The standard InChI is InChI=1S/C18H13BrClN3O/c19-9-12-4-5-18(15(20)8-12)24-17-3-1-2-13(14(17)10-21)16-6-7-22-11-23-16/h1-4,6-8,11,18H,5,9H2. The topological polar surface area (TPSA) is 58.8 Å². The largest absolute Gasteiger partial charge is 0.483 e. The molecule has 1 unspecified atom stereocenters. The van der Waals surface area contributed by atoms with Gasteiger partial charge in [-0.15, -0.1) is 0 Å². The van der Waals surface area contributed by atoms with Crippen molar-refractivity contribution in [1.82, 2.24) is 9.97 Å². The van der Waals surface area contributed by atoms with Crippen LogP contribution in [0, 0.1) is 11.3 Å². The first-order chi connectivity index (χ1) is 11.7. The Labute approximate surface area is 153 Å². The van der Waals surface area contributed by atoms with Crippen LogP contribution in [0.15, 0.2) is 59.5 Å². The molecule has 3 rings (SSSR count). The molecule has 0 fully saturated rings. The molecule has 0 N–H and O–H groups in total. The number of nitriles is 1. The number of halogens is 2. The first kappa shape index (κ1) is 16.7. The van der Waals surface area contributed by atoms with Gasteiger partial charge in [0.2, 0.25) is 0 Å². The van der Waals surface area contributed by atoms with Gasteiger partial charge in [0.05, 0.1) is 10.7 Å². The SMILES string of the molecule is N#Cc1c(OC2CC=C(CBr)C=C2Cl)cccc1-c1ccncn1. The third-order valence-electron chi connectivity index (χ3n) is 3.64. The molecule has 1 aromatic carbocycles. The predicted octanol–water partition coefficient (Wildman–Crippen LogP) is 4.61. The summed E-state index contributed by atoms with van der Waals surface area (Å²) in [6, 6.07) is 9.44. The van der Waals surface area contributed by atoms with Crippen LogP contribution in [0.3, 0.4) is 0 Å². The van der Waals surface area contributed by atoms with Crippen molar-refractivity contribution >= 4 is 27.5 Å². The van der Waals surface area contributed by atoms with E-state index in [2.05, 4.69) is 38.0 Å². The van der Waals surface area contributed by atoms with Crippen LogP contribution in [0.5, 0.6) is 5.75 Å². The van der Waals surface area contributed by atoms with Gasteiger partial charge in [-0.1, -0.05) is 45.7 Å². The van der Waals surface area contributed by atoms with Crippen molar-refractivity contribution in [3.05, 3.63) is 65.1 Å². The Hall–Kier alpha value is -2.16. The fraction of sp³-hybridized carbons (Fsp3) is 0.167. The van der Waals surface area contributed by atoms with Crippen molar-refractivity contribution in [2.45, 2.75) is 12.5 Å². The van der Waals surface area contributed by atoms with Crippen molar-refractivity contribution in [3.8, 4) is 23.1 Å². The van der Waals surface area contributed by atoms with Crippen LogP contribution < -0.4 is 4.74 Å². The van der Waals surface area contributed by atoms with E-state index in [-0.39, 0.29) is 6.10 Å². The molecule has 0 saturated carbocycles. The summed E-state index contributed by atoms with van der Waals surface area (Å²) in [5, 5.41) is 11.0. The summed E-state index contributed by atoms with van der Waals surface area (Å²) in [5.41, 5.74) is 2.95. The summed E-state index contributed by atoms with van der Waals surface area (Å²) in [5.74, 6) is 0.501. The van der Waals surface area contributed by atoms with Crippen molar-refractivity contribution in [2.24, 2.45) is 0 Å². The average molecular weight is 403 g/mol. The van der Waals surface area contributed by atoms with Gasteiger partial charge in [-0.05, 0) is 23.8 Å². The van der Waals surface area contributed by atoms with Gasteiger partial charge in [-0.25, -0.2) is 9.97 Å². The van der Waals surface area contributed by atoms with Crippen LogP contribution in [0.4, 0.5) is 0 Å². The molecule has 0 amide bonds. The molecule has 1 aliphatic rings. The Morgan fingerprint density at radius 1 is 1.38 bits per heavy atom. The zero-order chi connectivity index (χ0) is 16.9. The molecule has 0 saturated heterocycles. The highest BCUT2D eigenvalue weighted by atomic mass is 79.9. The number of benzene rings is 1. The Bertz CT molecular complexity index is 843. The Balaban J connectivity index is 1.92. The van der Waals surface area contributed by atoms with Crippen LogP contribution in [-0.2, 0) is 0 Å². The van der Waals surface area contributed by atoms with Crippen molar-refractivity contribution in [3.63, 3.8) is 0 Å². The van der Waals surface area contributed by atoms with Crippen molar-refractivity contribution in [1.29, 1.82) is 5.26 Å². The predicted molar refractivity (Wildman–Crippen MR) is 97.0 cm³/mol. The lowest BCUT2D eigenvalue weighted by Gasteiger charge is -2.22. The van der Waals surface area contributed by atoms with Gasteiger partial charge in [0, 0.05) is 23.5 Å². The molecule has 6 heteroatoms. The molecule has 4 nitrogen and oxygen atoms in total. The van der Waals surface area contributed by atoms with Crippen LogP contribution in [0.1, 0.15) is 12.0 Å². The van der Waals surface area contributed by atoms with Gasteiger partial charge < -0.3 is 4.74 Å². The summed E-state index contributed by atoms with van der Waals surface area (Å²) in [6.45, 7) is 0. The van der Waals surface area contributed by atoms with Crippen molar-refractivity contribution < 1.29 is 4.74 Å². The number of aromatic nitrogens is 2. The van der Waals surface area contributed by atoms with E-state index < -0.39 is 0 Å². The van der Waals surface area contributed by atoms with E-state index in [1.807, 2.05) is 18.2 Å². The maximum atomic E-state index is 9.60. The van der Waals surface area contributed by atoms with Gasteiger partial charge in [-0.3, -0.25) is 0 Å². The second kappa shape index (κ2) is 7.61. The van der Waals surface area contributed by atoms with Gasteiger partial charge >= 0.3 is 0 Å². The zero-order valence-corrected chi connectivity index (χ0v) is 15.0. The smallest absolute Gasteiger partial charge is 0.138 e. The molecular formula is C18H13BrClN3O. The molecule has 120 valence electrons. The third kappa shape index (κ3) is 3.50.